The lowest BCUT2D eigenvalue weighted by atomic mass is 10.2. The molecule has 2 aromatic rings. The molecule has 0 unspecified atom stereocenters. The number of anilines is 1. The van der Waals surface area contributed by atoms with Crippen LogP contribution in [0.5, 0.6) is 0 Å². The van der Waals surface area contributed by atoms with Crippen LogP contribution in [0, 0.1) is 6.92 Å². The van der Waals surface area contributed by atoms with Crippen LogP contribution in [0.2, 0.25) is 0 Å². The van der Waals surface area contributed by atoms with E-state index in [0.29, 0.717) is 31.4 Å². The lowest BCUT2D eigenvalue weighted by Crippen LogP contribution is -2.38. The molecule has 0 saturated carbocycles. The lowest BCUT2D eigenvalue weighted by Gasteiger charge is -2.21. The number of nitrogens with zero attached hydrogens (tertiary/aromatic N) is 3. The van der Waals surface area contributed by atoms with E-state index < -0.39 is 6.17 Å². The fourth-order valence-electron chi connectivity index (χ4n) is 2.78. The molecule has 0 spiro atoms. The molecule has 5 nitrogen and oxygen atoms in total. The van der Waals surface area contributed by atoms with Crippen LogP contribution in [0.4, 0.5) is 10.4 Å². The van der Waals surface area contributed by atoms with E-state index >= 15 is 0 Å². The van der Waals surface area contributed by atoms with Crippen molar-refractivity contribution in [3.05, 3.63) is 47.9 Å². The van der Waals surface area contributed by atoms with Gasteiger partial charge in [-0.25, -0.2) is 4.39 Å². The van der Waals surface area contributed by atoms with Crippen LogP contribution in [0.3, 0.4) is 0 Å². The van der Waals surface area contributed by atoms with E-state index in [-0.39, 0.29) is 6.04 Å². The van der Waals surface area contributed by atoms with E-state index in [0.717, 1.165) is 6.54 Å². The fraction of sp³-hybridized carbons (Fsp3) is 0.412. The maximum atomic E-state index is 13.7. The number of rotatable bonds is 6. The average Bonchev–Trinajstić information content (AvgIpc) is 3.14. The van der Waals surface area contributed by atoms with E-state index in [1.165, 1.54) is 5.56 Å². The number of hydrogen-bond acceptors (Lipinski definition) is 5. The largest absolute Gasteiger partial charge is 0.408 e. The van der Waals surface area contributed by atoms with Crippen molar-refractivity contribution in [3.63, 3.8) is 0 Å². The van der Waals surface area contributed by atoms with Crippen molar-refractivity contribution in [2.24, 2.45) is 0 Å². The number of alkyl halides is 1. The van der Waals surface area contributed by atoms with Gasteiger partial charge in [-0.05, 0) is 5.56 Å². The van der Waals surface area contributed by atoms with Crippen molar-refractivity contribution < 1.29 is 8.81 Å². The molecule has 1 aliphatic rings. The number of halogens is 1. The van der Waals surface area contributed by atoms with Gasteiger partial charge in [-0.3, -0.25) is 0 Å². The smallest absolute Gasteiger partial charge is 0.318 e. The zero-order valence-corrected chi connectivity index (χ0v) is 13.2. The minimum atomic E-state index is -0.853. The number of aromatic nitrogens is 2. The second-order valence-corrected chi connectivity index (χ2v) is 5.71. The Morgan fingerprint density at radius 1 is 1.35 bits per heavy atom. The van der Waals surface area contributed by atoms with Crippen molar-refractivity contribution in [2.75, 3.05) is 24.5 Å². The normalized spacial score (nSPS) is 21.4. The van der Waals surface area contributed by atoms with Crippen LogP contribution in [0.1, 0.15) is 17.9 Å². The predicted molar refractivity (Wildman–Crippen MR) is 88.0 cm³/mol. The SMILES string of the molecule is Cc1nnc(N2C[C@@H](F)C[C@H]2CNCC=Cc2ccccc2)o1. The van der Waals surface area contributed by atoms with Gasteiger partial charge in [0.15, 0.2) is 0 Å². The molecule has 2 atom stereocenters. The average molecular weight is 316 g/mol. The molecule has 3 rings (SSSR count). The van der Waals surface area contributed by atoms with E-state index in [1.807, 2.05) is 23.1 Å². The summed E-state index contributed by atoms with van der Waals surface area (Å²) in [5.41, 5.74) is 1.17. The first-order valence-corrected chi connectivity index (χ1v) is 7.85. The van der Waals surface area contributed by atoms with Gasteiger partial charge >= 0.3 is 6.01 Å². The van der Waals surface area contributed by atoms with Crippen molar-refractivity contribution in [2.45, 2.75) is 25.6 Å². The van der Waals surface area contributed by atoms with E-state index in [1.54, 1.807) is 6.92 Å². The maximum absolute atomic E-state index is 13.7. The van der Waals surface area contributed by atoms with Gasteiger partial charge in [0.05, 0.1) is 6.54 Å². The molecule has 1 saturated heterocycles. The summed E-state index contributed by atoms with van der Waals surface area (Å²) in [6.45, 7) is 3.47. The molecule has 1 fully saturated rings. The standard InChI is InChI=1S/C17H21FN4O/c1-13-20-21-17(23-13)22-12-15(18)10-16(22)11-19-9-5-8-14-6-3-2-4-7-14/h2-8,15-16,19H,9-12H2,1H3/t15-,16-/m0/s1. The molecule has 2 heterocycles. The molecule has 122 valence electrons. The van der Waals surface area contributed by atoms with E-state index in [2.05, 4.69) is 39.8 Å². The third kappa shape index (κ3) is 4.16. The lowest BCUT2D eigenvalue weighted by molar-refractivity contribution is 0.354. The summed E-state index contributed by atoms with van der Waals surface area (Å²) in [5.74, 6) is 0.500. The Bertz CT molecular complexity index is 643. The van der Waals surface area contributed by atoms with E-state index in [4.69, 9.17) is 4.42 Å². The Balaban J connectivity index is 1.49. The van der Waals surface area contributed by atoms with Crippen molar-refractivity contribution in [1.29, 1.82) is 0 Å². The second-order valence-electron chi connectivity index (χ2n) is 5.71. The van der Waals surface area contributed by atoms with Gasteiger partial charge in [-0.15, -0.1) is 5.10 Å². The number of benzene rings is 1. The summed E-state index contributed by atoms with van der Waals surface area (Å²) in [6, 6.07) is 10.6. The Labute approximate surface area is 135 Å². The predicted octanol–water partition coefficient (Wildman–Crippen LogP) is 2.60. The van der Waals surface area contributed by atoms with Crippen LogP contribution in [-0.4, -0.2) is 42.0 Å². The molecule has 1 aromatic heterocycles. The van der Waals surface area contributed by atoms with Crippen LogP contribution < -0.4 is 10.2 Å². The van der Waals surface area contributed by atoms with Gasteiger partial charge in [0.2, 0.25) is 5.89 Å². The molecule has 6 heteroatoms. The number of hydrogen-bond donors (Lipinski definition) is 1. The molecule has 0 bridgehead atoms. The van der Waals surface area contributed by atoms with Crippen molar-refractivity contribution >= 4 is 12.1 Å². The van der Waals surface area contributed by atoms with Crippen LogP contribution in [0.15, 0.2) is 40.8 Å². The Morgan fingerprint density at radius 2 is 2.17 bits per heavy atom. The monoisotopic (exact) mass is 316 g/mol. The van der Waals surface area contributed by atoms with Gasteiger partial charge < -0.3 is 14.6 Å². The first-order valence-electron chi connectivity index (χ1n) is 7.85. The summed E-state index contributed by atoms with van der Waals surface area (Å²) in [7, 11) is 0. The summed E-state index contributed by atoms with van der Waals surface area (Å²) < 4.78 is 19.2. The highest BCUT2D eigenvalue weighted by atomic mass is 19.1. The maximum Gasteiger partial charge on any atom is 0.318 e. The molecular formula is C17H21FN4O. The van der Waals surface area contributed by atoms with Crippen molar-refractivity contribution in [1.82, 2.24) is 15.5 Å². The molecule has 1 aromatic carbocycles. The number of aryl methyl sites for hydroxylation is 1. The first kappa shape index (κ1) is 15.7. The van der Waals surface area contributed by atoms with Gasteiger partial charge in [0.1, 0.15) is 6.17 Å². The summed E-state index contributed by atoms with van der Waals surface area (Å²) in [4.78, 5) is 1.86. The highest BCUT2D eigenvalue weighted by Gasteiger charge is 2.34. The molecule has 0 aliphatic carbocycles. The second kappa shape index (κ2) is 7.37. The summed E-state index contributed by atoms with van der Waals surface area (Å²) in [5, 5.41) is 11.2. The Hall–Kier alpha value is -2.21. The number of nitrogens with one attached hydrogen (secondary N) is 1. The van der Waals surface area contributed by atoms with Gasteiger partial charge in [-0.2, -0.15) is 0 Å². The van der Waals surface area contributed by atoms with E-state index in [9.17, 15) is 4.39 Å². The highest BCUT2D eigenvalue weighted by molar-refractivity contribution is 5.48. The third-order valence-electron chi connectivity index (χ3n) is 3.88. The first-order chi connectivity index (χ1) is 11.2. The van der Waals surface area contributed by atoms with Crippen molar-refractivity contribution in [3.8, 4) is 0 Å². The van der Waals surface area contributed by atoms with Gasteiger partial charge in [0.25, 0.3) is 0 Å². The highest BCUT2D eigenvalue weighted by Crippen LogP contribution is 2.25. The summed E-state index contributed by atoms with van der Waals surface area (Å²) in [6.07, 6.45) is 3.77. The topological polar surface area (TPSA) is 54.2 Å². The van der Waals surface area contributed by atoms with Gasteiger partial charge in [-0.1, -0.05) is 47.6 Å². The zero-order valence-electron chi connectivity index (χ0n) is 13.2. The van der Waals surface area contributed by atoms with Gasteiger partial charge in [0, 0.05) is 32.5 Å². The Morgan fingerprint density at radius 3 is 2.91 bits per heavy atom. The zero-order chi connectivity index (χ0) is 16.1. The quantitative estimate of drug-likeness (QED) is 0.830. The van der Waals surface area contributed by atoms with Crippen LogP contribution in [0.25, 0.3) is 6.08 Å². The van der Waals surface area contributed by atoms with Crippen LogP contribution >= 0.6 is 0 Å². The molecule has 0 amide bonds. The third-order valence-corrected chi connectivity index (χ3v) is 3.88. The minimum absolute atomic E-state index is 0.0370. The summed E-state index contributed by atoms with van der Waals surface area (Å²) >= 11 is 0. The molecule has 23 heavy (non-hydrogen) atoms. The molecule has 0 radical (unpaired) electrons. The minimum Gasteiger partial charge on any atom is -0.408 e. The van der Waals surface area contributed by atoms with Crippen LogP contribution in [-0.2, 0) is 0 Å². The molecular weight excluding hydrogens is 295 g/mol. The molecule has 1 aliphatic heterocycles. The Kier molecular flexibility index (Phi) is 5.02. The fourth-order valence-corrected chi connectivity index (χ4v) is 2.78. The molecule has 1 N–H and O–H groups in total.